The molecule has 0 aliphatic carbocycles. The predicted octanol–water partition coefficient (Wildman–Crippen LogP) is 2.07. The van der Waals surface area contributed by atoms with Gasteiger partial charge in [-0.3, -0.25) is 4.21 Å². The molecule has 0 spiro atoms. The third-order valence-electron chi connectivity index (χ3n) is 2.90. The van der Waals surface area contributed by atoms with Crippen LogP contribution in [0.4, 0.5) is 0 Å². The molecule has 1 heterocycles. The molecule has 0 radical (unpaired) electrons. The van der Waals surface area contributed by atoms with Gasteiger partial charge in [0.15, 0.2) is 0 Å². The van der Waals surface area contributed by atoms with E-state index in [0.29, 0.717) is 35.7 Å². The van der Waals surface area contributed by atoms with Crippen molar-refractivity contribution in [2.24, 2.45) is 0 Å². The van der Waals surface area contributed by atoms with Gasteiger partial charge in [-0.25, -0.2) is 4.98 Å². The quantitative estimate of drug-likeness (QED) is 0.794. The molecule has 0 N–H and O–H groups in total. The number of aromatic nitrogens is 2. The van der Waals surface area contributed by atoms with Crippen molar-refractivity contribution in [3.63, 3.8) is 0 Å². The van der Waals surface area contributed by atoms with E-state index in [9.17, 15) is 4.21 Å². The molecule has 0 saturated carbocycles. The second-order valence-electron chi connectivity index (χ2n) is 4.18. The van der Waals surface area contributed by atoms with Crippen LogP contribution in [0.1, 0.15) is 11.4 Å². The van der Waals surface area contributed by atoms with E-state index < -0.39 is 10.8 Å². The average Bonchev–Trinajstić information content (AvgIpc) is 2.74. The molecule has 1 unspecified atom stereocenters. The maximum Gasteiger partial charge on any atom is 0.111 e. The largest absolute Gasteiger partial charge is 0.327 e. The summed E-state index contributed by atoms with van der Waals surface area (Å²) in [7, 11) is -0.859. The number of alkyl halides is 1. The summed E-state index contributed by atoms with van der Waals surface area (Å²) in [4.78, 5) is 4.51. The van der Waals surface area contributed by atoms with Crippen LogP contribution in [0.3, 0.4) is 0 Å². The summed E-state index contributed by atoms with van der Waals surface area (Å²) in [6, 6.07) is 7.67. The molecule has 1 atom stereocenters. The second-order valence-corrected chi connectivity index (χ2v) is 6.11. The van der Waals surface area contributed by atoms with Gasteiger partial charge in [0.1, 0.15) is 17.4 Å². The number of nitriles is 1. The fraction of sp³-hybridized carbons (Fsp3) is 0.385. The van der Waals surface area contributed by atoms with Gasteiger partial charge in [-0.2, -0.15) is 5.26 Å². The normalized spacial score (nSPS) is 12.5. The zero-order valence-electron chi connectivity index (χ0n) is 10.6. The lowest BCUT2D eigenvalue weighted by atomic mass is 10.2. The lowest BCUT2D eigenvalue weighted by molar-refractivity contribution is 0.674. The fourth-order valence-corrected chi connectivity index (χ4v) is 2.64. The maximum atomic E-state index is 11.3. The standard InChI is InChI=1S/C13H14ClN3OS/c1-19(18)8-7-17-11-4-2-3-10(9-15)13(11)16-12(17)5-6-14/h2-4H,5-8H2,1H3. The van der Waals surface area contributed by atoms with E-state index in [4.69, 9.17) is 16.9 Å². The van der Waals surface area contributed by atoms with Crippen molar-refractivity contribution in [3.05, 3.63) is 29.6 Å². The molecular formula is C13H14ClN3OS. The summed E-state index contributed by atoms with van der Waals surface area (Å²) in [5.74, 6) is 1.89. The predicted molar refractivity (Wildman–Crippen MR) is 77.8 cm³/mol. The minimum absolute atomic E-state index is 0.473. The van der Waals surface area contributed by atoms with Crippen molar-refractivity contribution in [3.8, 4) is 6.07 Å². The first kappa shape index (κ1) is 14.0. The summed E-state index contributed by atoms with van der Waals surface area (Å²) >= 11 is 5.79. The number of hydrogen-bond donors (Lipinski definition) is 0. The highest BCUT2D eigenvalue weighted by Gasteiger charge is 2.13. The van der Waals surface area contributed by atoms with Gasteiger partial charge in [-0.15, -0.1) is 11.6 Å². The Morgan fingerprint density at radius 1 is 1.53 bits per heavy atom. The molecule has 19 heavy (non-hydrogen) atoms. The number of fused-ring (bicyclic) bond motifs is 1. The highest BCUT2D eigenvalue weighted by Crippen LogP contribution is 2.20. The summed E-state index contributed by atoms with van der Waals surface area (Å²) in [6.07, 6.45) is 2.32. The minimum atomic E-state index is -0.859. The molecule has 6 heteroatoms. The Kier molecular flexibility index (Phi) is 4.56. The van der Waals surface area contributed by atoms with Crippen molar-refractivity contribution >= 4 is 33.4 Å². The van der Waals surface area contributed by atoms with Crippen LogP contribution in [0.2, 0.25) is 0 Å². The Morgan fingerprint density at radius 2 is 2.32 bits per heavy atom. The Labute approximate surface area is 119 Å². The second kappa shape index (κ2) is 6.18. The van der Waals surface area contributed by atoms with Crippen LogP contribution in [0.5, 0.6) is 0 Å². The molecule has 0 amide bonds. The van der Waals surface area contributed by atoms with E-state index in [2.05, 4.69) is 11.1 Å². The van der Waals surface area contributed by atoms with Crippen molar-refractivity contribution in [1.82, 2.24) is 9.55 Å². The molecule has 2 aromatic rings. The van der Waals surface area contributed by atoms with Crippen molar-refractivity contribution < 1.29 is 4.21 Å². The molecular weight excluding hydrogens is 282 g/mol. The topological polar surface area (TPSA) is 58.7 Å². The molecule has 2 rings (SSSR count). The molecule has 0 fully saturated rings. The summed E-state index contributed by atoms with van der Waals surface area (Å²) in [5.41, 5.74) is 2.17. The first-order valence-electron chi connectivity index (χ1n) is 5.91. The first-order valence-corrected chi connectivity index (χ1v) is 8.17. The number of aryl methyl sites for hydroxylation is 2. The first-order chi connectivity index (χ1) is 9.17. The van der Waals surface area contributed by atoms with Crippen LogP contribution in [0.25, 0.3) is 11.0 Å². The van der Waals surface area contributed by atoms with Crippen LogP contribution >= 0.6 is 11.6 Å². The molecule has 0 saturated heterocycles. The summed E-state index contributed by atoms with van der Waals surface area (Å²) in [6.45, 7) is 0.626. The van der Waals surface area contributed by atoms with Gasteiger partial charge in [-0.05, 0) is 12.1 Å². The lowest BCUT2D eigenvalue weighted by Gasteiger charge is -2.07. The number of hydrogen-bond acceptors (Lipinski definition) is 3. The third kappa shape index (κ3) is 2.96. The minimum Gasteiger partial charge on any atom is -0.327 e. The van der Waals surface area contributed by atoms with Crippen molar-refractivity contribution in [1.29, 1.82) is 5.26 Å². The van der Waals surface area contributed by atoms with E-state index in [1.165, 1.54) is 0 Å². The molecule has 0 aliphatic rings. The molecule has 0 bridgehead atoms. The van der Waals surface area contributed by atoms with Gasteiger partial charge in [0.2, 0.25) is 0 Å². The maximum absolute atomic E-state index is 11.3. The molecule has 1 aromatic carbocycles. The van der Waals surface area contributed by atoms with Gasteiger partial charge < -0.3 is 4.57 Å². The molecule has 0 aliphatic heterocycles. The number of nitrogens with zero attached hydrogens (tertiary/aromatic N) is 3. The molecule has 1 aromatic heterocycles. The number of rotatable bonds is 5. The Bertz CT molecular complexity index is 660. The Morgan fingerprint density at radius 3 is 2.95 bits per heavy atom. The number of benzene rings is 1. The van der Waals surface area contributed by atoms with Crippen LogP contribution in [-0.2, 0) is 23.8 Å². The van der Waals surface area contributed by atoms with Crippen LogP contribution < -0.4 is 0 Å². The Balaban J connectivity index is 2.54. The van der Waals surface area contributed by atoms with Crippen LogP contribution in [0.15, 0.2) is 18.2 Å². The molecule has 100 valence electrons. The van der Waals surface area contributed by atoms with E-state index >= 15 is 0 Å². The SMILES string of the molecule is CS(=O)CCn1c(CCCl)nc2c(C#N)cccc21. The summed E-state index contributed by atoms with van der Waals surface area (Å²) in [5, 5.41) is 9.11. The zero-order valence-corrected chi connectivity index (χ0v) is 12.2. The van der Waals surface area contributed by atoms with E-state index in [-0.39, 0.29) is 0 Å². The van der Waals surface area contributed by atoms with Crippen LogP contribution in [-0.4, -0.2) is 31.6 Å². The average molecular weight is 296 g/mol. The van der Waals surface area contributed by atoms with E-state index in [1.54, 1.807) is 12.3 Å². The number of halogens is 1. The molecule has 4 nitrogen and oxygen atoms in total. The van der Waals surface area contributed by atoms with Gasteiger partial charge in [-0.1, -0.05) is 6.07 Å². The van der Waals surface area contributed by atoms with E-state index in [1.807, 2.05) is 16.7 Å². The number of para-hydroxylation sites is 1. The Hall–Kier alpha value is -1.38. The van der Waals surface area contributed by atoms with Crippen molar-refractivity contribution in [2.45, 2.75) is 13.0 Å². The van der Waals surface area contributed by atoms with Crippen LogP contribution in [0, 0.1) is 11.3 Å². The van der Waals surface area contributed by atoms with Gasteiger partial charge >= 0.3 is 0 Å². The highest BCUT2D eigenvalue weighted by molar-refractivity contribution is 7.84. The number of imidazole rings is 1. The van der Waals surface area contributed by atoms with E-state index in [0.717, 1.165) is 11.3 Å². The summed E-state index contributed by atoms with van der Waals surface area (Å²) < 4.78 is 13.3. The third-order valence-corrected chi connectivity index (χ3v) is 3.85. The zero-order chi connectivity index (χ0) is 13.8. The highest BCUT2D eigenvalue weighted by atomic mass is 35.5. The fourth-order valence-electron chi connectivity index (χ4n) is 2.03. The van der Waals surface area contributed by atoms with Gasteiger partial charge in [0.25, 0.3) is 0 Å². The van der Waals surface area contributed by atoms with Gasteiger partial charge in [0, 0.05) is 41.7 Å². The van der Waals surface area contributed by atoms with Crippen molar-refractivity contribution in [2.75, 3.05) is 17.9 Å². The van der Waals surface area contributed by atoms with Gasteiger partial charge in [0.05, 0.1) is 11.1 Å². The monoisotopic (exact) mass is 295 g/mol. The lowest BCUT2D eigenvalue weighted by Crippen LogP contribution is -2.10. The smallest absolute Gasteiger partial charge is 0.111 e.